The summed E-state index contributed by atoms with van der Waals surface area (Å²) in [4.78, 5) is 55.9. The zero-order valence-corrected chi connectivity index (χ0v) is 22.9. The standard InChI is InChI=1S/C28H32FN5O7/c1-32-7-8-34(28(32)38)15-26(36)33-6-5-22-21(14-33)31-27(37)18-3-4-23(39-2)24(11-18)40-16-25(35)30-13-17-9-19(29)12-20(10-17)41-22/h3-4,9-12,21-22H,5-8,13-16H2,1-2H3,(H,30,35)(H,31,37)/t21-,22+/m0/s1. The van der Waals surface area contributed by atoms with E-state index in [9.17, 15) is 23.6 Å². The van der Waals surface area contributed by atoms with E-state index in [1.54, 1.807) is 35.0 Å². The highest BCUT2D eigenvalue weighted by molar-refractivity contribution is 5.95. The SMILES string of the molecule is COc1ccc2cc1OCC(=O)NCc1cc(F)cc(c1)O[C@@H]1CCN(C(=O)CN3CCN(C)C3=O)C[C@@H]1NC2=O. The summed E-state index contributed by atoms with van der Waals surface area (Å²) >= 11 is 0. The van der Waals surface area contributed by atoms with Crippen molar-refractivity contribution in [1.29, 1.82) is 0 Å². The average Bonchev–Trinajstić information content (AvgIpc) is 3.27. The van der Waals surface area contributed by atoms with Gasteiger partial charge in [0.25, 0.3) is 11.8 Å². The molecule has 3 aliphatic rings. The highest BCUT2D eigenvalue weighted by atomic mass is 19.1. The van der Waals surface area contributed by atoms with Crippen LogP contribution in [0.15, 0.2) is 36.4 Å². The number of benzene rings is 2. The monoisotopic (exact) mass is 569 g/mol. The van der Waals surface area contributed by atoms with Crippen molar-refractivity contribution in [3.05, 3.63) is 53.3 Å². The number of hydrogen-bond acceptors (Lipinski definition) is 7. The van der Waals surface area contributed by atoms with Crippen LogP contribution in [-0.2, 0) is 16.1 Å². The summed E-state index contributed by atoms with van der Waals surface area (Å²) in [6, 6.07) is 7.89. The zero-order chi connectivity index (χ0) is 29.1. The maximum atomic E-state index is 14.5. The van der Waals surface area contributed by atoms with Gasteiger partial charge >= 0.3 is 6.03 Å². The number of piperidine rings is 1. The molecule has 0 spiro atoms. The van der Waals surface area contributed by atoms with Gasteiger partial charge in [-0.05, 0) is 35.9 Å². The predicted octanol–water partition coefficient (Wildman–Crippen LogP) is 0.989. The highest BCUT2D eigenvalue weighted by Gasteiger charge is 2.36. The molecule has 5 amide bonds. The average molecular weight is 570 g/mol. The van der Waals surface area contributed by atoms with Gasteiger partial charge in [-0.2, -0.15) is 0 Å². The number of ether oxygens (including phenoxy) is 3. The van der Waals surface area contributed by atoms with Crippen molar-refractivity contribution < 1.29 is 37.8 Å². The molecule has 12 nitrogen and oxygen atoms in total. The largest absolute Gasteiger partial charge is 0.493 e. The van der Waals surface area contributed by atoms with Gasteiger partial charge in [0.15, 0.2) is 18.1 Å². The molecule has 41 heavy (non-hydrogen) atoms. The maximum Gasteiger partial charge on any atom is 0.320 e. The quantitative estimate of drug-likeness (QED) is 0.564. The minimum absolute atomic E-state index is 0.0466. The molecule has 2 atom stereocenters. The van der Waals surface area contributed by atoms with Crippen LogP contribution in [0.3, 0.4) is 0 Å². The molecule has 0 unspecified atom stereocenters. The third kappa shape index (κ3) is 6.44. The first-order chi connectivity index (χ1) is 19.7. The number of rotatable bonds is 3. The minimum atomic E-state index is -0.650. The second-order valence-electron chi connectivity index (χ2n) is 10.2. The fraction of sp³-hybridized carbons (Fsp3) is 0.429. The second kappa shape index (κ2) is 11.9. The van der Waals surface area contributed by atoms with Gasteiger partial charge in [-0.15, -0.1) is 0 Å². The molecule has 3 heterocycles. The Morgan fingerprint density at radius 2 is 1.95 bits per heavy atom. The van der Waals surface area contributed by atoms with Crippen molar-refractivity contribution in [3.8, 4) is 17.2 Å². The first-order valence-corrected chi connectivity index (χ1v) is 13.3. The number of carbonyl (C=O) groups excluding carboxylic acids is 4. The number of likely N-dealkylation sites (N-methyl/N-ethyl adjacent to an activating group) is 1. The van der Waals surface area contributed by atoms with Crippen LogP contribution in [0.25, 0.3) is 0 Å². The Kier molecular flexibility index (Phi) is 8.13. The summed E-state index contributed by atoms with van der Waals surface area (Å²) in [5.41, 5.74) is 0.725. The lowest BCUT2D eigenvalue weighted by molar-refractivity contribution is -0.134. The summed E-state index contributed by atoms with van der Waals surface area (Å²) < 4.78 is 31.6. The van der Waals surface area contributed by atoms with Crippen molar-refractivity contribution in [2.45, 2.75) is 25.1 Å². The van der Waals surface area contributed by atoms with E-state index in [-0.39, 0.29) is 55.2 Å². The number of amides is 5. The molecule has 2 fully saturated rings. The molecule has 2 aromatic rings. The number of urea groups is 1. The Bertz CT molecular complexity index is 1360. The third-order valence-electron chi connectivity index (χ3n) is 7.34. The summed E-state index contributed by atoms with van der Waals surface area (Å²) in [5.74, 6) is -0.918. The molecule has 4 bridgehead atoms. The lowest BCUT2D eigenvalue weighted by Crippen LogP contribution is -2.59. The van der Waals surface area contributed by atoms with Gasteiger partial charge < -0.3 is 39.5 Å². The van der Waals surface area contributed by atoms with E-state index < -0.39 is 29.8 Å². The number of fused-ring (bicyclic) bond motifs is 5. The molecule has 0 saturated carbocycles. The minimum Gasteiger partial charge on any atom is -0.493 e. The van der Waals surface area contributed by atoms with Gasteiger partial charge in [-0.3, -0.25) is 14.4 Å². The van der Waals surface area contributed by atoms with Crippen LogP contribution < -0.4 is 24.8 Å². The van der Waals surface area contributed by atoms with Crippen LogP contribution >= 0.6 is 0 Å². The zero-order valence-electron chi connectivity index (χ0n) is 22.9. The molecule has 0 radical (unpaired) electrons. The van der Waals surface area contributed by atoms with E-state index >= 15 is 0 Å². The van der Waals surface area contributed by atoms with Crippen LogP contribution in [-0.4, -0.2) is 104 Å². The molecule has 3 aliphatic heterocycles. The van der Waals surface area contributed by atoms with Crippen molar-refractivity contribution in [3.63, 3.8) is 0 Å². The molecule has 13 heteroatoms. The number of halogens is 1. The van der Waals surface area contributed by atoms with Crippen LogP contribution in [0.1, 0.15) is 22.3 Å². The number of likely N-dealkylation sites (tertiary alicyclic amines) is 1. The topological polar surface area (TPSA) is 130 Å². The Hall–Kier alpha value is -4.55. The number of carbonyl (C=O) groups is 4. The van der Waals surface area contributed by atoms with Crippen molar-refractivity contribution in [1.82, 2.24) is 25.3 Å². The Balaban J connectivity index is 1.41. The number of nitrogens with one attached hydrogen (secondary N) is 2. The number of methoxy groups -OCH3 is 1. The van der Waals surface area contributed by atoms with E-state index in [1.807, 2.05) is 0 Å². The Morgan fingerprint density at radius 3 is 2.71 bits per heavy atom. The highest BCUT2D eigenvalue weighted by Crippen LogP contribution is 2.29. The summed E-state index contributed by atoms with van der Waals surface area (Å²) in [6.45, 7) is 1.10. The van der Waals surface area contributed by atoms with Crippen molar-refractivity contribution >= 4 is 23.8 Å². The van der Waals surface area contributed by atoms with E-state index in [4.69, 9.17) is 14.2 Å². The van der Waals surface area contributed by atoms with Crippen LogP contribution in [0.5, 0.6) is 17.2 Å². The van der Waals surface area contributed by atoms with Crippen molar-refractivity contribution in [2.75, 3.05) is 53.5 Å². The van der Waals surface area contributed by atoms with E-state index in [0.29, 0.717) is 37.4 Å². The lowest BCUT2D eigenvalue weighted by atomic mass is 10.0. The fourth-order valence-corrected chi connectivity index (χ4v) is 5.09. The van der Waals surface area contributed by atoms with Gasteiger partial charge in [0, 0.05) is 57.8 Å². The van der Waals surface area contributed by atoms with Crippen molar-refractivity contribution in [2.24, 2.45) is 0 Å². The maximum absolute atomic E-state index is 14.5. The lowest BCUT2D eigenvalue weighted by Gasteiger charge is -2.39. The van der Waals surface area contributed by atoms with Gasteiger partial charge in [0.1, 0.15) is 24.2 Å². The summed E-state index contributed by atoms with van der Waals surface area (Å²) in [6.07, 6.45) is -0.238. The summed E-state index contributed by atoms with van der Waals surface area (Å²) in [7, 11) is 3.13. The van der Waals surface area contributed by atoms with E-state index in [2.05, 4.69) is 10.6 Å². The van der Waals surface area contributed by atoms with Crippen LogP contribution in [0.2, 0.25) is 0 Å². The number of nitrogens with zero attached hydrogens (tertiary/aromatic N) is 3. The fourth-order valence-electron chi connectivity index (χ4n) is 5.09. The molecule has 5 rings (SSSR count). The third-order valence-corrected chi connectivity index (χ3v) is 7.34. The first kappa shape index (κ1) is 28.0. The predicted molar refractivity (Wildman–Crippen MR) is 143 cm³/mol. The molecule has 2 N–H and O–H groups in total. The van der Waals surface area contributed by atoms with Crippen LogP contribution in [0, 0.1) is 5.82 Å². The molecule has 2 aromatic carbocycles. The van der Waals surface area contributed by atoms with Gasteiger partial charge in [-0.25, -0.2) is 9.18 Å². The Morgan fingerprint density at radius 1 is 1.12 bits per heavy atom. The normalized spacial score (nSPS) is 21.3. The second-order valence-corrected chi connectivity index (χ2v) is 10.2. The van der Waals surface area contributed by atoms with E-state index in [1.165, 1.54) is 30.2 Å². The van der Waals surface area contributed by atoms with Gasteiger partial charge in [0.05, 0.1) is 13.2 Å². The smallest absolute Gasteiger partial charge is 0.320 e. The first-order valence-electron chi connectivity index (χ1n) is 13.3. The molecular weight excluding hydrogens is 537 g/mol. The molecule has 218 valence electrons. The van der Waals surface area contributed by atoms with Gasteiger partial charge in [0.2, 0.25) is 5.91 Å². The molecular formula is C28H32FN5O7. The Labute approximate surface area is 236 Å². The van der Waals surface area contributed by atoms with E-state index in [0.717, 1.165) is 0 Å². The molecule has 2 saturated heterocycles. The summed E-state index contributed by atoms with van der Waals surface area (Å²) in [5, 5.41) is 5.64. The molecule has 0 aliphatic carbocycles. The molecule has 0 aromatic heterocycles. The number of hydrogen-bond donors (Lipinski definition) is 2. The van der Waals surface area contributed by atoms with Gasteiger partial charge in [-0.1, -0.05) is 0 Å². The van der Waals surface area contributed by atoms with Crippen LogP contribution in [0.4, 0.5) is 9.18 Å².